The zero-order valence-electron chi connectivity index (χ0n) is 19.5. The summed E-state index contributed by atoms with van der Waals surface area (Å²) in [5.41, 5.74) is 1.56. The fourth-order valence-corrected chi connectivity index (χ4v) is 3.78. The van der Waals surface area contributed by atoms with Crippen molar-refractivity contribution in [3.8, 4) is 0 Å². The second-order valence-corrected chi connectivity index (χ2v) is 9.57. The summed E-state index contributed by atoms with van der Waals surface area (Å²) >= 11 is 0. The molecule has 0 saturated heterocycles. The molecular formula is C24H27NO9S. The topological polar surface area (TPSA) is 139 Å². The van der Waals surface area contributed by atoms with Gasteiger partial charge in [0, 0.05) is 18.8 Å². The third-order valence-electron chi connectivity index (χ3n) is 4.84. The standard InChI is InChI=1S/C24H27NO9S/c1-18(26)33-17-22(19-11-13-21(14-12-19)35(2,30)31)23(20-9-5-3-6-10-20)24(27)32-15-7-4-8-16-34-25(28)29/h3,5-6,9-14H,4,7-8,15-17H2,1-2H3/b23-22+. The van der Waals surface area contributed by atoms with Crippen molar-refractivity contribution in [2.75, 3.05) is 26.1 Å². The maximum atomic E-state index is 13.2. The molecule has 35 heavy (non-hydrogen) atoms. The van der Waals surface area contributed by atoms with Gasteiger partial charge in [0.25, 0.3) is 5.09 Å². The molecule has 0 fully saturated rings. The van der Waals surface area contributed by atoms with E-state index in [0.717, 1.165) is 6.26 Å². The van der Waals surface area contributed by atoms with Crippen LogP contribution in [0.2, 0.25) is 0 Å². The van der Waals surface area contributed by atoms with Crippen molar-refractivity contribution in [2.24, 2.45) is 0 Å². The first-order valence-corrected chi connectivity index (χ1v) is 12.7. The van der Waals surface area contributed by atoms with Crippen LogP contribution in [0.3, 0.4) is 0 Å². The Hall–Kier alpha value is -3.73. The number of esters is 2. The summed E-state index contributed by atoms with van der Waals surface area (Å²) in [5, 5.41) is 9.32. The largest absolute Gasteiger partial charge is 0.462 e. The van der Waals surface area contributed by atoms with Gasteiger partial charge in [0.15, 0.2) is 9.84 Å². The maximum Gasteiger partial charge on any atom is 0.339 e. The lowest BCUT2D eigenvalue weighted by Crippen LogP contribution is -2.14. The van der Waals surface area contributed by atoms with Crippen LogP contribution in [0.4, 0.5) is 0 Å². The number of ether oxygens (including phenoxy) is 2. The van der Waals surface area contributed by atoms with Crippen LogP contribution < -0.4 is 0 Å². The molecule has 0 aromatic heterocycles. The first kappa shape index (κ1) is 27.5. The van der Waals surface area contributed by atoms with Crippen LogP contribution in [0, 0.1) is 10.1 Å². The minimum absolute atomic E-state index is 0.0356. The van der Waals surface area contributed by atoms with Crippen molar-refractivity contribution in [3.05, 3.63) is 75.8 Å². The lowest BCUT2D eigenvalue weighted by molar-refractivity contribution is -0.757. The molecule has 2 rings (SSSR count). The summed E-state index contributed by atoms with van der Waals surface area (Å²) in [7, 11) is -3.43. The molecule has 0 amide bonds. The molecule has 188 valence electrons. The van der Waals surface area contributed by atoms with Crippen molar-refractivity contribution in [2.45, 2.75) is 31.1 Å². The van der Waals surface area contributed by atoms with E-state index in [1.165, 1.54) is 19.1 Å². The van der Waals surface area contributed by atoms with Gasteiger partial charge in [-0.25, -0.2) is 13.2 Å². The number of carbonyl (C=O) groups excluding carboxylic acids is 2. The van der Waals surface area contributed by atoms with E-state index in [1.807, 2.05) is 0 Å². The van der Waals surface area contributed by atoms with Crippen LogP contribution in [0.25, 0.3) is 11.1 Å². The zero-order chi connectivity index (χ0) is 25.8. The van der Waals surface area contributed by atoms with Gasteiger partial charge in [-0.3, -0.25) is 4.79 Å². The van der Waals surface area contributed by atoms with E-state index in [2.05, 4.69) is 4.84 Å². The molecule has 0 atom stereocenters. The molecule has 0 N–H and O–H groups in total. The van der Waals surface area contributed by atoms with E-state index < -0.39 is 26.9 Å². The summed E-state index contributed by atoms with van der Waals surface area (Å²) in [6, 6.07) is 14.6. The molecule has 0 aliphatic rings. The molecule has 0 bridgehead atoms. The number of rotatable bonds is 13. The molecule has 0 aliphatic carbocycles. The number of carbonyl (C=O) groups is 2. The highest BCUT2D eigenvalue weighted by molar-refractivity contribution is 7.90. The van der Waals surface area contributed by atoms with E-state index in [4.69, 9.17) is 9.47 Å². The maximum absolute atomic E-state index is 13.2. The lowest BCUT2D eigenvalue weighted by Gasteiger charge is -2.16. The summed E-state index contributed by atoms with van der Waals surface area (Å²) in [6.07, 6.45) is 2.55. The molecule has 2 aromatic rings. The van der Waals surface area contributed by atoms with E-state index in [1.54, 1.807) is 42.5 Å². The first-order valence-electron chi connectivity index (χ1n) is 10.8. The Balaban J connectivity index is 2.35. The van der Waals surface area contributed by atoms with Crippen LogP contribution in [0.5, 0.6) is 0 Å². The fourth-order valence-electron chi connectivity index (χ4n) is 3.15. The first-order chi connectivity index (χ1) is 16.6. The Bertz CT molecular complexity index is 1160. The quantitative estimate of drug-likeness (QED) is 0.0999. The van der Waals surface area contributed by atoms with Crippen LogP contribution in [-0.2, 0) is 33.7 Å². The number of nitrogens with zero attached hydrogens (tertiary/aromatic N) is 1. The van der Waals surface area contributed by atoms with Gasteiger partial charge in [0.05, 0.1) is 23.7 Å². The van der Waals surface area contributed by atoms with E-state index in [9.17, 15) is 28.1 Å². The highest BCUT2D eigenvalue weighted by atomic mass is 32.2. The molecule has 0 heterocycles. The van der Waals surface area contributed by atoms with Gasteiger partial charge in [-0.05, 0) is 42.5 Å². The van der Waals surface area contributed by atoms with Crippen molar-refractivity contribution in [3.63, 3.8) is 0 Å². The van der Waals surface area contributed by atoms with E-state index in [0.29, 0.717) is 36.0 Å². The normalized spacial score (nSPS) is 11.8. The second kappa shape index (κ2) is 13.2. The SMILES string of the molecule is CC(=O)OC/C(=C(\C(=O)OCCCCCO[N+](=O)[O-])c1ccccc1)c1ccc(S(C)(=O)=O)cc1. The van der Waals surface area contributed by atoms with Gasteiger partial charge in [0.1, 0.15) is 6.61 Å². The zero-order valence-corrected chi connectivity index (χ0v) is 20.3. The molecule has 0 radical (unpaired) electrons. The Morgan fingerprint density at radius 3 is 2.09 bits per heavy atom. The Morgan fingerprint density at radius 1 is 0.886 bits per heavy atom. The predicted octanol–water partition coefficient (Wildman–Crippen LogP) is 3.49. The molecule has 0 saturated carbocycles. The molecule has 0 aliphatic heterocycles. The van der Waals surface area contributed by atoms with Crippen LogP contribution in [0.1, 0.15) is 37.3 Å². The molecule has 11 heteroatoms. The van der Waals surface area contributed by atoms with Gasteiger partial charge in [-0.1, -0.05) is 42.5 Å². The molecule has 10 nitrogen and oxygen atoms in total. The highest BCUT2D eigenvalue weighted by Crippen LogP contribution is 2.29. The van der Waals surface area contributed by atoms with Crippen molar-refractivity contribution < 1.29 is 37.4 Å². The van der Waals surface area contributed by atoms with Crippen LogP contribution in [0.15, 0.2) is 59.5 Å². The van der Waals surface area contributed by atoms with Gasteiger partial charge in [0.2, 0.25) is 0 Å². The number of hydrogen-bond donors (Lipinski definition) is 0. The molecular weight excluding hydrogens is 478 g/mol. The number of unbranched alkanes of at least 4 members (excludes halogenated alkanes) is 2. The van der Waals surface area contributed by atoms with Crippen molar-refractivity contribution in [1.29, 1.82) is 0 Å². The van der Waals surface area contributed by atoms with Crippen molar-refractivity contribution in [1.82, 2.24) is 0 Å². The number of benzene rings is 2. The van der Waals surface area contributed by atoms with Crippen LogP contribution in [-0.4, -0.2) is 51.5 Å². The summed E-state index contributed by atoms with van der Waals surface area (Å²) in [5.74, 6) is -1.19. The lowest BCUT2D eigenvalue weighted by atomic mass is 9.95. The van der Waals surface area contributed by atoms with Crippen molar-refractivity contribution >= 4 is 32.9 Å². The van der Waals surface area contributed by atoms with Gasteiger partial charge >= 0.3 is 11.9 Å². The average Bonchev–Trinajstić information content (AvgIpc) is 2.80. The monoisotopic (exact) mass is 505 g/mol. The summed E-state index contributed by atoms with van der Waals surface area (Å²) < 4.78 is 34.4. The van der Waals surface area contributed by atoms with Gasteiger partial charge in [-0.2, -0.15) is 0 Å². The third kappa shape index (κ3) is 9.20. The van der Waals surface area contributed by atoms with Crippen LogP contribution >= 0.6 is 0 Å². The fraction of sp³-hybridized carbons (Fsp3) is 0.333. The molecule has 2 aromatic carbocycles. The minimum Gasteiger partial charge on any atom is -0.462 e. The highest BCUT2D eigenvalue weighted by Gasteiger charge is 2.22. The Kier molecular flexibility index (Phi) is 10.4. The third-order valence-corrected chi connectivity index (χ3v) is 5.97. The smallest absolute Gasteiger partial charge is 0.339 e. The second-order valence-electron chi connectivity index (χ2n) is 7.55. The minimum atomic E-state index is -3.43. The Morgan fingerprint density at radius 2 is 1.51 bits per heavy atom. The summed E-state index contributed by atoms with van der Waals surface area (Å²) in [4.78, 5) is 39.3. The van der Waals surface area contributed by atoms with Gasteiger partial charge in [-0.15, -0.1) is 10.1 Å². The Labute approximate surface area is 203 Å². The summed E-state index contributed by atoms with van der Waals surface area (Å²) in [6.45, 7) is 1.05. The predicted molar refractivity (Wildman–Crippen MR) is 127 cm³/mol. The average molecular weight is 506 g/mol. The van der Waals surface area contributed by atoms with E-state index in [-0.39, 0.29) is 30.3 Å². The van der Waals surface area contributed by atoms with E-state index >= 15 is 0 Å². The van der Waals surface area contributed by atoms with Gasteiger partial charge < -0.3 is 14.3 Å². The molecule has 0 spiro atoms. The number of sulfone groups is 1. The molecule has 0 unspecified atom stereocenters. The number of hydrogen-bond acceptors (Lipinski definition) is 9.